The third kappa shape index (κ3) is 3.32. The predicted octanol–water partition coefficient (Wildman–Crippen LogP) is 3.38. The fourth-order valence-electron chi connectivity index (χ4n) is 2.37. The van der Waals surface area contributed by atoms with Gasteiger partial charge in [0.15, 0.2) is 0 Å². The molecule has 0 aliphatic carbocycles. The smallest absolute Gasteiger partial charge is 0.314 e. The van der Waals surface area contributed by atoms with E-state index < -0.39 is 12.3 Å². The molecule has 0 aliphatic heterocycles. The van der Waals surface area contributed by atoms with Gasteiger partial charge in [-0.25, -0.2) is 4.68 Å². The summed E-state index contributed by atoms with van der Waals surface area (Å²) in [5.41, 5.74) is 2.96. The molecule has 0 amide bonds. The predicted molar refractivity (Wildman–Crippen MR) is 87.0 cm³/mol. The van der Waals surface area contributed by atoms with Crippen molar-refractivity contribution < 1.29 is 13.2 Å². The van der Waals surface area contributed by atoms with Crippen LogP contribution in [0.1, 0.15) is 17.9 Å². The molecule has 0 spiro atoms. The van der Waals surface area contributed by atoms with E-state index in [1.807, 2.05) is 36.5 Å². The van der Waals surface area contributed by atoms with Gasteiger partial charge in [0.05, 0.1) is 12.7 Å². The average Bonchev–Trinajstić information content (AvgIpc) is 3.33. The number of hydrogen-bond donors (Lipinski definition) is 0. The molecule has 9 heteroatoms. The Morgan fingerprint density at radius 1 is 0.962 bits per heavy atom. The second-order valence-corrected chi connectivity index (χ2v) is 5.47. The number of aromatic nitrogens is 6. The largest absolute Gasteiger partial charge is 0.414 e. The lowest BCUT2D eigenvalue weighted by molar-refractivity contribution is 0.116. The van der Waals surface area contributed by atoms with E-state index in [0.29, 0.717) is 12.2 Å². The van der Waals surface area contributed by atoms with Crippen LogP contribution in [0.5, 0.6) is 0 Å². The minimum Gasteiger partial charge on any atom is -0.414 e. The second kappa shape index (κ2) is 6.79. The van der Waals surface area contributed by atoms with Gasteiger partial charge < -0.3 is 4.42 Å². The van der Waals surface area contributed by atoms with E-state index in [2.05, 4.69) is 25.5 Å². The Morgan fingerprint density at radius 2 is 1.81 bits per heavy atom. The highest BCUT2D eigenvalue weighted by Crippen LogP contribution is 2.22. The molecule has 1 aromatic carbocycles. The summed E-state index contributed by atoms with van der Waals surface area (Å²) in [6, 6.07) is 13.2. The van der Waals surface area contributed by atoms with Gasteiger partial charge in [-0.15, -0.1) is 15.3 Å². The summed E-state index contributed by atoms with van der Waals surface area (Å²) in [5, 5.41) is 15.1. The standard InChI is InChI=1S/C17H12F2N6O/c18-15(19)17-23-22-16(26-17)13-7-6-11(8-20-13)9-25-10-14(21-24-25)12-4-2-1-3-5-12/h1-8,10,15H,9H2. The van der Waals surface area contributed by atoms with Crippen molar-refractivity contribution in [1.82, 2.24) is 30.2 Å². The first kappa shape index (κ1) is 16.0. The number of pyridine rings is 1. The first-order valence-corrected chi connectivity index (χ1v) is 7.71. The summed E-state index contributed by atoms with van der Waals surface area (Å²) >= 11 is 0. The zero-order valence-electron chi connectivity index (χ0n) is 13.3. The van der Waals surface area contributed by atoms with Crippen LogP contribution in [0.3, 0.4) is 0 Å². The van der Waals surface area contributed by atoms with Crippen LogP contribution in [-0.4, -0.2) is 30.2 Å². The highest BCUT2D eigenvalue weighted by molar-refractivity contribution is 5.57. The number of rotatable bonds is 5. The molecule has 0 N–H and O–H groups in total. The molecule has 130 valence electrons. The Hall–Kier alpha value is -3.49. The summed E-state index contributed by atoms with van der Waals surface area (Å²) in [7, 11) is 0. The Bertz CT molecular complexity index is 998. The molecular weight excluding hydrogens is 342 g/mol. The van der Waals surface area contributed by atoms with Crippen LogP contribution < -0.4 is 0 Å². The van der Waals surface area contributed by atoms with Gasteiger partial charge in [0, 0.05) is 11.8 Å². The molecule has 7 nitrogen and oxygen atoms in total. The third-order valence-corrected chi connectivity index (χ3v) is 3.62. The summed E-state index contributed by atoms with van der Waals surface area (Å²) < 4.78 is 31.6. The van der Waals surface area contributed by atoms with Crippen LogP contribution in [0.15, 0.2) is 59.3 Å². The molecular formula is C17H12F2N6O. The van der Waals surface area contributed by atoms with Crippen molar-refractivity contribution in [3.8, 4) is 22.8 Å². The van der Waals surface area contributed by atoms with Gasteiger partial charge in [-0.05, 0) is 11.6 Å². The van der Waals surface area contributed by atoms with E-state index in [4.69, 9.17) is 4.42 Å². The zero-order chi connectivity index (χ0) is 17.9. The molecule has 0 fully saturated rings. The third-order valence-electron chi connectivity index (χ3n) is 3.62. The number of halogens is 2. The highest BCUT2D eigenvalue weighted by atomic mass is 19.3. The summed E-state index contributed by atoms with van der Waals surface area (Å²) in [6.07, 6.45) is 0.642. The van der Waals surface area contributed by atoms with Crippen molar-refractivity contribution in [3.05, 3.63) is 66.3 Å². The van der Waals surface area contributed by atoms with Gasteiger partial charge in [-0.3, -0.25) is 4.98 Å². The Labute approximate surface area is 146 Å². The number of hydrogen-bond acceptors (Lipinski definition) is 6. The molecule has 3 heterocycles. The normalized spacial score (nSPS) is 11.2. The fourth-order valence-corrected chi connectivity index (χ4v) is 2.37. The van der Waals surface area contributed by atoms with Gasteiger partial charge in [0.1, 0.15) is 11.4 Å². The second-order valence-electron chi connectivity index (χ2n) is 5.47. The maximum absolute atomic E-state index is 12.5. The van der Waals surface area contributed by atoms with Gasteiger partial charge in [0.2, 0.25) is 0 Å². The fraction of sp³-hybridized carbons (Fsp3) is 0.118. The quantitative estimate of drug-likeness (QED) is 0.546. The van der Waals surface area contributed by atoms with Crippen molar-refractivity contribution in [2.75, 3.05) is 0 Å². The Morgan fingerprint density at radius 3 is 2.50 bits per heavy atom. The summed E-state index contributed by atoms with van der Waals surface area (Å²) in [4.78, 5) is 4.18. The highest BCUT2D eigenvalue weighted by Gasteiger charge is 2.17. The summed E-state index contributed by atoms with van der Waals surface area (Å²) in [6.45, 7) is 0.471. The molecule has 0 bridgehead atoms. The van der Waals surface area contributed by atoms with Crippen molar-refractivity contribution in [2.45, 2.75) is 13.0 Å². The molecule has 0 atom stereocenters. The molecule has 0 saturated carbocycles. The van der Waals surface area contributed by atoms with E-state index in [9.17, 15) is 8.78 Å². The van der Waals surface area contributed by atoms with Gasteiger partial charge >= 0.3 is 6.43 Å². The number of benzene rings is 1. The monoisotopic (exact) mass is 354 g/mol. The van der Waals surface area contributed by atoms with Crippen molar-refractivity contribution in [1.29, 1.82) is 0 Å². The maximum atomic E-state index is 12.5. The molecule has 3 aromatic heterocycles. The van der Waals surface area contributed by atoms with Crippen LogP contribution in [0.4, 0.5) is 8.78 Å². The minimum atomic E-state index is -2.80. The van der Waals surface area contributed by atoms with E-state index in [-0.39, 0.29) is 5.89 Å². The SMILES string of the molecule is FC(F)c1nnc(-c2ccc(Cn3cc(-c4ccccc4)nn3)cn2)o1. The molecule has 4 aromatic rings. The zero-order valence-corrected chi connectivity index (χ0v) is 13.3. The minimum absolute atomic E-state index is 0.0426. The lowest BCUT2D eigenvalue weighted by Crippen LogP contribution is -2.01. The van der Waals surface area contributed by atoms with E-state index in [1.54, 1.807) is 23.0 Å². The molecule has 0 aliphatic rings. The van der Waals surface area contributed by atoms with E-state index in [1.165, 1.54) is 0 Å². The molecule has 0 saturated heterocycles. The lowest BCUT2D eigenvalue weighted by atomic mass is 10.2. The van der Waals surface area contributed by atoms with Crippen LogP contribution in [0.2, 0.25) is 0 Å². The molecule has 26 heavy (non-hydrogen) atoms. The van der Waals surface area contributed by atoms with E-state index in [0.717, 1.165) is 16.8 Å². The average molecular weight is 354 g/mol. The van der Waals surface area contributed by atoms with E-state index >= 15 is 0 Å². The van der Waals surface area contributed by atoms with Gasteiger partial charge in [-0.1, -0.05) is 41.6 Å². The van der Waals surface area contributed by atoms with Crippen LogP contribution in [-0.2, 0) is 6.54 Å². The van der Waals surface area contributed by atoms with Crippen molar-refractivity contribution in [2.24, 2.45) is 0 Å². The van der Waals surface area contributed by atoms with Crippen molar-refractivity contribution >= 4 is 0 Å². The number of alkyl halides is 2. The van der Waals surface area contributed by atoms with Crippen molar-refractivity contribution in [3.63, 3.8) is 0 Å². The lowest BCUT2D eigenvalue weighted by Gasteiger charge is -2.01. The molecule has 4 rings (SSSR count). The Kier molecular flexibility index (Phi) is 4.18. The van der Waals surface area contributed by atoms with Crippen LogP contribution in [0, 0.1) is 0 Å². The van der Waals surface area contributed by atoms with Crippen LogP contribution >= 0.6 is 0 Å². The van der Waals surface area contributed by atoms with Crippen LogP contribution in [0.25, 0.3) is 22.8 Å². The summed E-state index contributed by atoms with van der Waals surface area (Å²) in [5.74, 6) is -0.763. The molecule has 0 radical (unpaired) electrons. The first-order valence-electron chi connectivity index (χ1n) is 7.71. The van der Waals surface area contributed by atoms with Gasteiger partial charge in [-0.2, -0.15) is 8.78 Å². The molecule has 0 unspecified atom stereocenters. The maximum Gasteiger partial charge on any atom is 0.314 e. The number of nitrogens with zero attached hydrogens (tertiary/aromatic N) is 6. The topological polar surface area (TPSA) is 82.5 Å². The first-order chi connectivity index (χ1) is 12.7. The van der Waals surface area contributed by atoms with Gasteiger partial charge in [0.25, 0.3) is 11.8 Å². The Balaban J connectivity index is 1.48.